The Kier molecular flexibility index (Phi) is 2.31. The van der Waals surface area contributed by atoms with Crippen molar-refractivity contribution in [3.63, 3.8) is 0 Å². The maximum Gasteiger partial charge on any atom is 0.165 e. The van der Waals surface area contributed by atoms with Crippen molar-refractivity contribution >= 4 is 9.84 Å². The highest BCUT2D eigenvalue weighted by Crippen LogP contribution is 2.11. The normalized spacial score (nSPS) is 27.1. The summed E-state index contributed by atoms with van der Waals surface area (Å²) in [5, 5.41) is 2.71. The van der Waals surface area contributed by atoms with Crippen LogP contribution in [-0.2, 0) is 9.84 Å². The molecule has 10 heavy (non-hydrogen) atoms. The van der Waals surface area contributed by atoms with Crippen LogP contribution < -0.4 is 5.32 Å². The van der Waals surface area contributed by atoms with Gasteiger partial charge in [0, 0.05) is 5.75 Å². The van der Waals surface area contributed by atoms with Crippen LogP contribution in [0.1, 0.15) is 19.8 Å². The molecule has 1 fully saturated rings. The molecule has 0 aromatic carbocycles. The minimum Gasteiger partial charge on any atom is -0.301 e. The van der Waals surface area contributed by atoms with E-state index in [0.29, 0.717) is 0 Å². The van der Waals surface area contributed by atoms with Crippen LogP contribution in [0.3, 0.4) is 0 Å². The second-order valence-electron chi connectivity index (χ2n) is 2.54. The first-order chi connectivity index (χ1) is 4.67. The van der Waals surface area contributed by atoms with Gasteiger partial charge >= 0.3 is 0 Å². The van der Waals surface area contributed by atoms with Crippen LogP contribution in [0.5, 0.6) is 0 Å². The standard InChI is InChI=1S/C6H13NO2S/c1-2-10(8,9)6-4-3-5-7-6/h6-7H,2-5H2,1H3. The zero-order valence-corrected chi connectivity index (χ0v) is 6.95. The van der Waals surface area contributed by atoms with E-state index in [1.807, 2.05) is 0 Å². The fourth-order valence-corrected chi connectivity index (χ4v) is 2.46. The Morgan fingerprint density at radius 3 is 2.70 bits per heavy atom. The molecule has 1 aliphatic rings. The molecule has 1 saturated heterocycles. The highest BCUT2D eigenvalue weighted by Gasteiger charge is 2.25. The Morgan fingerprint density at radius 2 is 2.30 bits per heavy atom. The Balaban J connectivity index is 2.63. The highest BCUT2D eigenvalue weighted by atomic mass is 32.2. The fraction of sp³-hybridized carbons (Fsp3) is 1.00. The summed E-state index contributed by atoms with van der Waals surface area (Å²) in [4.78, 5) is 0. The SMILES string of the molecule is CCS(=O)(=O)C1CCCN1. The summed E-state index contributed by atoms with van der Waals surface area (Å²) >= 11 is 0. The largest absolute Gasteiger partial charge is 0.301 e. The van der Waals surface area contributed by atoms with Crippen molar-refractivity contribution in [1.82, 2.24) is 5.32 Å². The molecule has 1 heterocycles. The number of sulfone groups is 1. The summed E-state index contributed by atoms with van der Waals surface area (Å²) in [6.45, 7) is 2.54. The van der Waals surface area contributed by atoms with E-state index in [9.17, 15) is 8.42 Å². The van der Waals surface area contributed by atoms with Crippen LogP contribution in [0.4, 0.5) is 0 Å². The molecule has 0 aliphatic carbocycles. The van der Waals surface area contributed by atoms with Gasteiger partial charge in [-0.25, -0.2) is 8.42 Å². The lowest BCUT2D eigenvalue weighted by molar-refractivity contribution is 0.573. The molecule has 0 aromatic rings. The average molecular weight is 163 g/mol. The van der Waals surface area contributed by atoms with Gasteiger partial charge in [0.25, 0.3) is 0 Å². The van der Waals surface area contributed by atoms with E-state index in [1.54, 1.807) is 6.92 Å². The minimum absolute atomic E-state index is 0.252. The van der Waals surface area contributed by atoms with Crippen LogP contribution in [-0.4, -0.2) is 26.1 Å². The average Bonchev–Trinajstić information content (AvgIpc) is 2.38. The first-order valence-corrected chi connectivity index (χ1v) is 5.33. The number of hydrogen-bond acceptors (Lipinski definition) is 3. The topological polar surface area (TPSA) is 46.2 Å². The molecule has 0 spiro atoms. The van der Waals surface area contributed by atoms with Crippen LogP contribution in [0.15, 0.2) is 0 Å². The third-order valence-corrected chi connectivity index (χ3v) is 3.93. The first kappa shape index (κ1) is 8.01. The quantitative estimate of drug-likeness (QED) is 0.629. The van der Waals surface area contributed by atoms with Crippen LogP contribution in [0.2, 0.25) is 0 Å². The van der Waals surface area contributed by atoms with Crippen LogP contribution >= 0.6 is 0 Å². The molecule has 0 saturated carbocycles. The molecule has 1 aliphatic heterocycles. The molecule has 0 aromatic heterocycles. The molecule has 3 nitrogen and oxygen atoms in total. The molecule has 4 heteroatoms. The smallest absolute Gasteiger partial charge is 0.165 e. The second kappa shape index (κ2) is 2.88. The summed E-state index contributed by atoms with van der Waals surface area (Å²) in [6, 6.07) is 0. The van der Waals surface area contributed by atoms with E-state index in [4.69, 9.17) is 0 Å². The van der Waals surface area contributed by atoms with Crippen molar-refractivity contribution in [2.24, 2.45) is 0 Å². The molecule has 0 radical (unpaired) electrons. The third kappa shape index (κ3) is 1.49. The van der Waals surface area contributed by atoms with Gasteiger partial charge in [-0.2, -0.15) is 0 Å². The zero-order chi connectivity index (χ0) is 7.61. The summed E-state index contributed by atoms with van der Waals surface area (Å²) in [6.07, 6.45) is 1.78. The highest BCUT2D eigenvalue weighted by molar-refractivity contribution is 7.91. The number of nitrogens with one attached hydrogen (secondary N) is 1. The Labute approximate surface area is 61.7 Å². The van der Waals surface area contributed by atoms with Crippen molar-refractivity contribution in [2.75, 3.05) is 12.3 Å². The van der Waals surface area contributed by atoms with Gasteiger partial charge in [-0.15, -0.1) is 0 Å². The maximum absolute atomic E-state index is 11.1. The number of hydrogen-bond donors (Lipinski definition) is 1. The van der Waals surface area contributed by atoms with Crippen LogP contribution in [0.25, 0.3) is 0 Å². The summed E-state index contributed by atoms with van der Waals surface area (Å²) in [7, 11) is -2.81. The van der Waals surface area contributed by atoms with E-state index in [-0.39, 0.29) is 11.1 Å². The van der Waals surface area contributed by atoms with Gasteiger partial charge in [0.2, 0.25) is 0 Å². The van der Waals surface area contributed by atoms with Gasteiger partial charge in [-0.3, -0.25) is 0 Å². The van der Waals surface area contributed by atoms with Crippen molar-refractivity contribution in [3.8, 4) is 0 Å². The lowest BCUT2D eigenvalue weighted by atomic mass is 10.4. The molecule has 60 valence electrons. The Bertz CT molecular complexity index is 192. The van der Waals surface area contributed by atoms with Gasteiger partial charge < -0.3 is 5.32 Å². The molecule has 1 N–H and O–H groups in total. The molecular formula is C6H13NO2S. The molecule has 1 unspecified atom stereocenters. The molecular weight excluding hydrogens is 150 g/mol. The summed E-state index contributed by atoms with van der Waals surface area (Å²) in [5.74, 6) is 0.255. The monoisotopic (exact) mass is 163 g/mol. The fourth-order valence-electron chi connectivity index (χ4n) is 1.16. The molecule has 1 atom stereocenters. The Morgan fingerprint density at radius 1 is 1.60 bits per heavy atom. The van der Waals surface area contributed by atoms with Crippen molar-refractivity contribution in [3.05, 3.63) is 0 Å². The Hall–Kier alpha value is -0.0900. The predicted octanol–water partition coefficient (Wildman–Crippen LogP) is 0.131. The summed E-state index contributed by atoms with van der Waals surface area (Å²) < 4.78 is 22.3. The van der Waals surface area contributed by atoms with Gasteiger partial charge in [-0.1, -0.05) is 6.92 Å². The minimum atomic E-state index is -2.81. The van der Waals surface area contributed by atoms with Gasteiger partial charge in [0.15, 0.2) is 9.84 Å². The first-order valence-electron chi connectivity index (χ1n) is 3.62. The third-order valence-electron chi connectivity index (χ3n) is 1.85. The maximum atomic E-state index is 11.1. The van der Waals surface area contributed by atoms with E-state index in [2.05, 4.69) is 5.32 Å². The lowest BCUT2D eigenvalue weighted by Gasteiger charge is -2.08. The predicted molar refractivity (Wildman–Crippen MR) is 40.5 cm³/mol. The second-order valence-corrected chi connectivity index (χ2v) is 5.01. The van der Waals surface area contributed by atoms with Gasteiger partial charge in [-0.05, 0) is 19.4 Å². The van der Waals surface area contributed by atoms with Gasteiger partial charge in [0.1, 0.15) is 5.37 Å². The molecule has 0 amide bonds. The van der Waals surface area contributed by atoms with E-state index >= 15 is 0 Å². The van der Waals surface area contributed by atoms with Crippen molar-refractivity contribution in [1.29, 1.82) is 0 Å². The van der Waals surface area contributed by atoms with Crippen molar-refractivity contribution < 1.29 is 8.42 Å². The van der Waals surface area contributed by atoms with E-state index in [1.165, 1.54) is 0 Å². The van der Waals surface area contributed by atoms with E-state index < -0.39 is 9.84 Å². The van der Waals surface area contributed by atoms with Gasteiger partial charge in [0.05, 0.1) is 0 Å². The zero-order valence-electron chi connectivity index (χ0n) is 6.13. The lowest BCUT2D eigenvalue weighted by Crippen LogP contribution is -2.31. The summed E-state index contributed by atoms with van der Waals surface area (Å²) in [5.41, 5.74) is 0. The van der Waals surface area contributed by atoms with Crippen molar-refractivity contribution in [2.45, 2.75) is 25.1 Å². The van der Waals surface area contributed by atoms with E-state index in [0.717, 1.165) is 19.4 Å². The number of rotatable bonds is 2. The molecule has 1 rings (SSSR count). The molecule has 0 bridgehead atoms. The van der Waals surface area contributed by atoms with Crippen LogP contribution in [0, 0.1) is 0 Å².